The molecule has 0 bridgehead atoms. The van der Waals surface area contributed by atoms with Gasteiger partial charge in [0.2, 0.25) is 5.88 Å². The van der Waals surface area contributed by atoms with E-state index in [0.29, 0.717) is 64.7 Å². The Hall–Kier alpha value is -3.75. The minimum absolute atomic E-state index is 0.0457. The summed E-state index contributed by atoms with van der Waals surface area (Å²) in [6.07, 6.45) is 4.28. The zero-order chi connectivity index (χ0) is 35.5. The summed E-state index contributed by atoms with van der Waals surface area (Å²) in [7, 11) is -1.35. The first kappa shape index (κ1) is 36.5. The number of unbranched alkanes of at least 4 members (excludes halogenated alkanes) is 1. The average molecular weight is 697 g/mol. The number of nitrogen functional groups attached to an aromatic ring is 1. The summed E-state index contributed by atoms with van der Waals surface area (Å²) >= 11 is 0. The molecule has 1 aliphatic heterocycles. The molecule has 14 heteroatoms. The number of amides is 3. The van der Waals surface area contributed by atoms with E-state index in [4.69, 9.17) is 20.6 Å². The van der Waals surface area contributed by atoms with Crippen LogP contribution in [0.25, 0.3) is 0 Å². The van der Waals surface area contributed by atoms with E-state index in [-0.39, 0.29) is 42.8 Å². The number of nitrogens with zero attached hydrogens (tertiary/aromatic N) is 4. The van der Waals surface area contributed by atoms with Crippen molar-refractivity contribution in [3.05, 3.63) is 62.3 Å². The first-order valence-electron chi connectivity index (χ1n) is 17.6. The topological polar surface area (TPSA) is 173 Å². The molecular weight excluding hydrogens is 645 g/mol. The lowest BCUT2D eigenvalue weighted by Gasteiger charge is -2.48. The summed E-state index contributed by atoms with van der Waals surface area (Å²) in [5.41, 5.74) is 4.02. The van der Waals surface area contributed by atoms with E-state index < -0.39 is 42.6 Å². The molecular formula is C35H52N6O7Si. The molecule has 3 fully saturated rings. The third kappa shape index (κ3) is 7.70. The van der Waals surface area contributed by atoms with Crippen LogP contribution in [0.15, 0.2) is 39.9 Å². The van der Waals surface area contributed by atoms with Gasteiger partial charge in [-0.05, 0) is 49.6 Å². The Balaban J connectivity index is 1.30. The van der Waals surface area contributed by atoms with Gasteiger partial charge in [0.15, 0.2) is 0 Å². The molecule has 1 aromatic carbocycles. The van der Waals surface area contributed by atoms with Crippen molar-refractivity contribution >= 4 is 25.8 Å². The smallest absolute Gasteiger partial charge is 0.334 e. The molecule has 1 saturated heterocycles. The first-order valence-corrected chi connectivity index (χ1v) is 21.3. The summed E-state index contributed by atoms with van der Waals surface area (Å²) in [4.78, 5) is 57.6. The fourth-order valence-electron chi connectivity index (χ4n) is 7.26. The van der Waals surface area contributed by atoms with E-state index in [1.807, 2.05) is 37.3 Å². The number of imide groups is 1. The van der Waals surface area contributed by atoms with Crippen LogP contribution in [-0.4, -0.2) is 81.4 Å². The standard InChI is InChI=1S/C35H52N6O7Si/c1-5-6-16-38-30(42)28(29(36)37)31(43)41(34(38)46)26-14-12-24(13-15-26)21-40-33(45)39(23-47-17-18-49(2,3)4)32(44)35(40)19-27(20-35)48-22-25-10-8-7-9-11-25/h7-11,24,26-27,42H,5-6,12-23H2,1-4H3,(H3,36,37). The Morgan fingerprint density at radius 1 is 1.06 bits per heavy atom. The van der Waals surface area contributed by atoms with Crippen molar-refractivity contribution in [1.29, 1.82) is 5.41 Å². The van der Waals surface area contributed by atoms with E-state index in [1.165, 1.54) is 4.90 Å². The molecule has 0 atom stereocenters. The zero-order valence-corrected chi connectivity index (χ0v) is 30.3. The number of benzene rings is 1. The van der Waals surface area contributed by atoms with Crippen molar-refractivity contribution in [2.45, 2.75) is 115 Å². The Bertz CT molecular complexity index is 1640. The Morgan fingerprint density at radius 2 is 1.73 bits per heavy atom. The van der Waals surface area contributed by atoms with E-state index in [9.17, 15) is 24.3 Å². The Kier molecular flexibility index (Phi) is 11.2. The van der Waals surface area contributed by atoms with Gasteiger partial charge in [-0.3, -0.25) is 24.1 Å². The highest BCUT2D eigenvalue weighted by Crippen LogP contribution is 2.47. The summed E-state index contributed by atoms with van der Waals surface area (Å²) in [6, 6.07) is 10.00. The fraction of sp³-hybridized carbons (Fsp3) is 0.629. The lowest BCUT2D eigenvalue weighted by molar-refractivity contribution is -0.152. The van der Waals surface area contributed by atoms with Crippen LogP contribution in [0.2, 0.25) is 25.7 Å². The zero-order valence-electron chi connectivity index (χ0n) is 29.3. The van der Waals surface area contributed by atoms with Gasteiger partial charge < -0.3 is 25.2 Å². The van der Waals surface area contributed by atoms with Crippen molar-refractivity contribution in [2.75, 3.05) is 19.9 Å². The van der Waals surface area contributed by atoms with Crippen LogP contribution in [0.3, 0.4) is 0 Å². The van der Waals surface area contributed by atoms with E-state index in [1.54, 1.807) is 4.90 Å². The number of ether oxygens (including phenoxy) is 2. The van der Waals surface area contributed by atoms with Crippen LogP contribution in [0, 0.1) is 11.3 Å². The number of amidine groups is 1. The van der Waals surface area contributed by atoms with Crippen molar-refractivity contribution < 1.29 is 24.2 Å². The highest BCUT2D eigenvalue weighted by Gasteiger charge is 2.64. The maximum absolute atomic E-state index is 13.9. The molecule has 4 N–H and O–H groups in total. The van der Waals surface area contributed by atoms with E-state index in [2.05, 4.69) is 19.6 Å². The second kappa shape index (κ2) is 15.0. The summed E-state index contributed by atoms with van der Waals surface area (Å²) in [6.45, 7) is 10.1. The minimum Gasteiger partial charge on any atom is -0.494 e. The van der Waals surface area contributed by atoms with Crippen molar-refractivity contribution in [3.63, 3.8) is 0 Å². The molecule has 0 unspecified atom stereocenters. The number of nitrogens with two attached hydrogens (primary N) is 1. The van der Waals surface area contributed by atoms with Gasteiger partial charge in [0.05, 0.1) is 12.7 Å². The highest BCUT2D eigenvalue weighted by atomic mass is 28.3. The van der Waals surface area contributed by atoms with Gasteiger partial charge in [-0.1, -0.05) is 63.3 Å². The largest absolute Gasteiger partial charge is 0.494 e. The second-order valence-corrected chi connectivity index (χ2v) is 20.7. The SMILES string of the molecule is CCCCn1c(O)c(C(=N)N)c(=O)n(C2CCC(CN3C(=O)N(COCC[Si](C)(C)C)C(=O)C34CC(OCc3ccccc3)C4)CC2)c1=O. The third-order valence-electron chi connectivity index (χ3n) is 10.3. The van der Waals surface area contributed by atoms with Gasteiger partial charge in [0, 0.05) is 46.7 Å². The number of hydrogen-bond acceptors (Lipinski definition) is 8. The molecule has 5 rings (SSSR count). The fourth-order valence-corrected chi connectivity index (χ4v) is 8.01. The van der Waals surface area contributed by atoms with Gasteiger partial charge in [-0.25, -0.2) is 14.5 Å². The highest BCUT2D eigenvalue weighted by molar-refractivity contribution is 6.76. The normalized spacial score (nSPS) is 24.1. The van der Waals surface area contributed by atoms with E-state index in [0.717, 1.165) is 27.2 Å². The molecule has 3 aliphatic rings. The molecule has 49 heavy (non-hydrogen) atoms. The van der Waals surface area contributed by atoms with E-state index >= 15 is 0 Å². The van der Waals surface area contributed by atoms with Crippen LogP contribution in [0.5, 0.6) is 5.88 Å². The number of nitrogens with one attached hydrogen (secondary N) is 1. The number of urea groups is 1. The molecule has 3 amide bonds. The van der Waals surface area contributed by atoms with Crippen molar-refractivity contribution in [3.8, 4) is 5.88 Å². The van der Waals surface area contributed by atoms with Gasteiger partial charge in [0.1, 0.15) is 23.7 Å². The van der Waals surface area contributed by atoms with Crippen LogP contribution in [-0.2, 0) is 27.4 Å². The molecule has 2 aliphatic carbocycles. The number of aromatic nitrogens is 2. The predicted molar refractivity (Wildman–Crippen MR) is 188 cm³/mol. The van der Waals surface area contributed by atoms with Crippen LogP contribution in [0.1, 0.15) is 75.5 Å². The molecule has 2 saturated carbocycles. The number of aromatic hydroxyl groups is 1. The monoisotopic (exact) mass is 696 g/mol. The lowest BCUT2D eigenvalue weighted by atomic mass is 9.72. The molecule has 1 aromatic heterocycles. The third-order valence-corrected chi connectivity index (χ3v) is 12.0. The number of carbonyl (C=O) groups is 2. The Labute approximate surface area is 288 Å². The molecule has 2 heterocycles. The van der Waals surface area contributed by atoms with Gasteiger partial charge in [-0.2, -0.15) is 0 Å². The summed E-state index contributed by atoms with van der Waals surface area (Å²) in [5.74, 6) is -1.34. The maximum atomic E-state index is 13.9. The van der Waals surface area contributed by atoms with Gasteiger partial charge in [-0.15, -0.1) is 0 Å². The summed E-state index contributed by atoms with van der Waals surface area (Å²) in [5, 5.41) is 18.6. The minimum atomic E-state index is -1.35. The molecule has 2 aromatic rings. The number of hydrogen-bond donors (Lipinski definition) is 3. The molecule has 0 radical (unpaired) electrons. The second-order valence-electron chi connectivity index (χ2n) is 15.1. The van der Waals surface area contributed by atoms with Gasteiger partial charge >= 0.3 is 11.7 Å². The Morgan fingerprint density at radius 3 is 2.35 bits per heavy atom. The maximum Gasteiger partial charge on any atom is 0.334 e. The van der Waals surface area contributed by atoms with Crippen LogP contribution in [0.4, 0.5) is 4.79 Å². The number of rotatable bonds is 15. The quantitative estimate of drug-likeness (QED) is 0.0816. The van der Waals surface area contributed by atoms with Crippen LogP contribution < -0.4 is 17.0 Å². The lowest BCUT2D eigenvalue weighted by Crippen LogP contribution is -2.62. The molecule has 268 valence electrons. The van der Waals surface area contributed by atoms with Crippen LogP contribution >= 0.6 is 0 Å². The van der Waals surface area contributed by atoms with Crippen molar-refractivity contribution in [1.82, 2.24) is 18.9 Å². The molecule has 13 nitrogen and oxygen atoms in total. The van der Waals surface area contributed by atoms with Crippen molar-refractivity contribution in [2.24, 2.45) is 11.7 Å². The summed E-state index contributed by atoms with van der Waals surface area (Å²) < 4.78 is 14.3. The average Bonchev–Trinajstić information content (AvgIpc) is 3.23. The predicted octanol–water partition coefficient (Wildman–Crippen LogP) is 4.23. The molecule has 1 spiro atoms. The van der Waals surface area contributed by atoms with Gasteiger partial charge in [0.25, 0.3) is 11.5 Å². The number of carbonyl (C=O) groups excluding carboxylic acids is 2. The first-order chi connectivity index (χ1) is 23.3.